The molecular formula is C15H24N2. The molecule has 0 aliphatic carbocycles. The SMILES string of the molecule is CC1CC(C)CN(c2cccc(C(C)C)n2)C1. The van der Waals surface area contributed by atoms with Gasteiger partial charge in [-0.2, -0.15) is 0 Å². The standard InChI is InChI=1S/C15H24N2/c1-11(2)14-6-5-7-15(16-14)17-9-12(3)8-13(4)10-17/h5-7,11-13H,8-10H2,1-4H3. The van der Waals surface area contributed by atoms with Gasteiger partial charge in [0.25, 0.3) is 0 Å². The van der Waals surface area contributed by atoms with E-state index >= 15 is 0 Å². The van der Waals surface area contributed by atoms with Crippen molar-refractivity contribution in [1.82, 2.24) is 4.98 Å². The molecule has 1 aliphatic rings. The van der Waals surface area contributed by atoms with E-state index in [2.05, 4.69) is 50.8 Å². The monoisotopic (exact) mass is 232 g/mol. The third kappa shape index (κ3) is 2.99. The molecule has 17 heavy (non-hydrogen) atoms. The Morgan fingerprint density at radius 2 is 1.82 bits per heavy atom. The highest BCUT2D eigenvalue weighted by Crippen LogP contribution is 2.25. The molecule has 2 nitrogen and oxygen atoms in total. The van der Waals surface area contributed by atoms with Crippen LogP contribution >= 0.6 is 0 Å². The molecule has 0 saturated carbocycles. The number of nitrogens with zero attached hydrogens (tertiary/aromatic N) is 2. The van der Waals surface area contributed by atoms with Crippen LogP contribution in [0.4, 0.5) is 5.82 Å². The average molecular weight is 232 g/mol. The van der Waals surface area contributed by atoms with Crippen molar-refractivity contribution < 1.29 is 0 Å². The van der Waals surface area contributed by atoms with Crippen LogP contribution in [0.15, 0.2) is 18.2 Å². The number of anilines is 1. The molecule has 0 spiro atoms. The molecule has 94 valence electrons. The Bertz CT molecular complexity index is 363. The fourth-order valence-electron chi connectivity index (χ4n) is 2.79. The second-order valence-corrected chi connectivity index (χ2v) is 5.93. The van der Waals surface area contributed by atoms with E-state index in [-0.39, 0.29) is 0 Å². The van der Waals surface area contributed by atoms with Crippen molar-refractivity contribution in [2.24, 2.45) is 11.8 Å². The van der Waals surface area contributed by atoms with Gasteiger partial charge in [-0.05, 0) is 36.3 Å². The lowest BCUT2D eigenvalue weighted by Crippen LogP contribution is -2.39. The lowest BCUT2D eigenvalue weighted by atomic mass is 9.92. The van der Waals surface area contributed by atoms with Gasteiger partial charge in [-0.25, -0.2) is 4.98 Å². The molecule has 1 fully saturated rings. The Hall–Kier alpha value is -1.05. The van der Waals surface area contributed by atoms with Crippen molar-refractivity contribution in [3.63, 3.8) is 0 Å². The Balaban J connectivity index is 2.18. The number of piperidine rings is 1. The Morgan fingerprint density at radius 1 is 1.18 bits per heavy atom. The highest BCUT2D eigenvalue weighted by Gasteiger charge is 2.22. The van der Waals surface area contributed by atoms with E-state index in [0.29, 0.717) is 5.92 Å². The van der Waals surface area contributed by atoms with E-state index in [1.165, 1.54) is 12.1 Å². The molecule has 1 aromatic rings. The van der Waals surface area contributed by atoms with Crippen LogP contribution in [0.1, 0.15) is 45.7 Å². The number of hydrogen-bond acceptors (Lipinski definition) is 2. The molecule has 0 bridgehead atoms. The van der Waals surface area contributed by atoms with Gasteiger partial charge in [0, 0.05) is 18.8 Å². The average Bonchev–Trinajstić information content (AvgIpc) is 2.28. The Labute approximate surface area is 105 Å². The summed E-state index contributed by atoms with van der Waals surface area (Å²) in [5, 5.41) is 0. The van der Waals surface area contributed by atoms with Crippen LogP contribution < -0.4 is 4.90 Å². The van der Waals surface area contributed by atoms with E-state index in [1.807, 2.05) is 0 Å². The van der Waals surface area contributed by atoms with Crippen LogP contribution in [0.5, 0.6) is 0 Å². The summed E-state index contributed by atoms with van der Waals surface area (Å²) in [6.07, 6.45) is 1.35. The topological polar surface area (TPSA) is 16.1 Å². The van der Waals surface area contributed by atoms with Gasteiger partial charge in [-0.1, -0.05) is 33.8 Å². The minimum Gasteiger partial charge on any atom is -0.356 e. The maximum absolute atomic E-state index is 4.79. The maximum atomic E-state index is 4.79. The van der Waals surface area contributed by atoms with Gasteiger partial charge in [0.15, 0.2) is 0 Å². The first kappa shape index (κ1) is 12.4. The van der Waals surface area contributed by atoms with E-state index in [9.17, 15) is 0 Å². The first-order valence-corrected chi connectivity index (χ1v) is 6.78. The summed E-state index contributed by atoms with van der Waals surface area (Å²) in [6.45, 7) is 11.4. The van der Waals surface area contributed by atoms with Crippen molar-refractivity contribution in [2.45, 2.75) is 40.0 Å². The summed E-state index contributed by atoms with van der Waals surface area (Å²) >= 11 is 0. The quantitative estimate of drug-likeness (QED) is 0.773. The van der Waals surface area contributed by atoms with Crippen LogP contribution in [0.2, 0.25) is 0 Å². The summed E-state index contributed by atoms with van der Waals surface area (Å²) in [7, 11) is 0. The predicted molar refractivity (Wildman–Crippen MR) is 73.5 cm³/mol. The molecule has 2 heteroatoms. The van der Waals surface area contributed by atoms with Gasteiger partial charge in [0.1, 0.15) is 5.82 Å². The van der Waals surface area contributed by atoms with Crippen molar-refractivity contribution in [1.29, 1.82) is 0 Å². The predicted octanol–water partition coefficient (Wildman–Crippen LogP) is 3.69. The van der Waals surface area contributed by atoms with Gasteiger partial charge in [0.2, 0.25) is 0 Å². The van der Waals surface area contributed by atoms with Crippen molar-refractivity contribution >= 4 is 5.82 Å². The minimum absolute atomic E-state index is 0.509. The van der Waals surface area contributed by atoms with Crippen molar-refractivity contribution in [2.75, 3.05) is 18.0 Å². The third-order valence-corrected chi connectivity index (χ3v) is 3.54. The van der Waals surface area contributed by atoms with E-state index in [0.717, 1.165) is 30.7 Å². The smallest absolute Gasteiger partial charge is 0.128 e. The zero-order valence-corrected chi connectivity index (χ0v) is 11.5. The normalized spacial score (nSPS) is 25.4. The molecule has 0 N–H and O–H groups in total. The number of hydrogen-bond donors (Lipinski definition) is 0. The minimum atomic E-state index is 0.509. The molecule has 0 aromatic carbocycles. The van der Waals surface area contributed by atoms with Gasteiger partial charge < -0.3 is 4.90 Å². The van der Waals surface area contributed by atoms with E-state index in [1.54, 1.807) is 0 Å². The van der Waals surface area contributed by atoms with Gasteiger partial charge in [-0.15, -0.1) is 0 Å². The van der Waals surface area contributed by atoms with E-state index in [4.69, 9.17) is 4.98 Å². The molecule has 2 unspecified atom stereocenters. The highest BCUT2D eigenvalue weighted by molar-refractivity contribution is 5.40. The fourth-order valence-corrected chi connectivity index (χ4v) is 2.79. The molecule has 0 radical (unpaired) electrons. The second-order valence-electron chi connectivity index (χ2n) is 5.93. The van der Waals surface area contributed by atoms with Crippen LogP contribution in [0, 0.1) is 11.8 Å². The van der Waals surface area contributed by atoms with Crippen LogP contribution in [0.3, 0.4) is 0 Å². The molecular weight excluding hydrogens is 208 g/mol. The summed E-state index contributed by atoms with van der Waals surface area (Å²) in [5.41, 5.74) is 1.20. The van der Waals surface area contributed by atoms with Crippen LogP contribution in [-0.4, -0.2) is 18.1 Å². The third-order valence-electron chi connectivity index (χ3n) is 3.54. The Morgan fingerprint density at radius 3 is 2.41 bits per heavy atom. The zero-order chi connectivity index (χ0) is 12.4. The zero-order valence-electron chi connectivity index (χ0n) is 11.5. The molecule has 0 amide bonds. The van der Waals surface area contributed by atoms with Gasteiger partial charge in [-0.3, -0.25) is 0 Å². The van der Waals surface area contributed by atoms with Crippen LogP contribution in [0.25, 0.3) is 0 Å². The second kappa shape index (κ2) is 5.07. The highest BCUT2D eigenvalue weighted by atomic mass is 15.2. The number of pyridine rings is 1. The summed E-state index contributed by atoms with van der Waals surface area (Å²) in [6, 6.07) is 6.42. The van der Waals surface area contributed by atoms with Gasteiger partial charge in [0.05, 0.1) is 0 Å². The molecule has 1 aromatic heterocycles. The van der Waals surface area contributed by atoms with Crippen molar-refractivity contribution in [3.05, 3.63) is 23.9 Å². The lowest BCUT2D eigenvalue weighted by Gasteiger charge is -2.36. The number of aromatic nitrogens is 1. The number of rotatable bonds is 2. The molecule has 2 atom stereocenters. The molecule has 1 aliphatic heterocycles. The maximum Gasteiger partial charge on any atom is 0.128 e. The molecule has 1 saturated heterocycles. The van der Waals surface area contributed by atoms with Crippen molar-refractivity contribution in [3.8, 4) is 0 Å². The largest absolute Gasteiger partial charge is 0.356 e. The molecule has 2 heterocycles. The van der Waals surface area contributed by atoms with Crippen LogP contribution in [-0.2, 0) is 0 Å². The lowest BCUT2D eigenvalue weighted by molar-refractivity contribution is 0.355. The molecule has 2 rings (SSSR count). The van der Waals surface area contributed by atoms with Gasteiger partial charge >= 0.3 is 0 Å². The first-order valence-electron chi connectivity index (χ1n) is 6.78. The Kier molecular flexibility index (Phi) is 3.70. The van der Waals surface area contributed by atoms with E-state index < -0.39 is 0 Å². The fraction of sp³-hybridized carbons (Fsp3) is 0.667. The summed E-state index contributed by atoms with van der Waals surface area (Å²) in [5.74, 6) is 3.23. The first-order chi connectivity index (χ1) is 8.06. The summed E-state index contributed by atoms with van der Waals surface area (Å²) < 4.78 is 0. The summed E-state index contributed by atoms with van der Waals surface area (Å²) in [4.78, 5) is 7.24.